The number of hydrogen-bond donors (Lipinski definition) is 0. The van der Waals surface area contributed by atoms with Crippen molar-refractivity contribution in [1.29, 1.82) is 0 Å². The third kappa shape index (κ3) is 3.47. The fourth-order valence-corrected chi connectivity index (χ4v) is 2.82. The van der Waals surface area contributed by atoms with E-state index in [1.54, 1.807) is 11.8 Å². The zero-order chi connectivity index (χ0) is 13.8. The number of likely N-dealkylation sites (tertiary alicyclic amines) is 1. The molecule has 2 heterocycles. The monoisotopic (exact) mass is 269 g/mol. The normalized spacial score (nSPS) is 31.3. The quantitative estimate of drug-likeness (QED) is 0.726. The van der Waals surface area contributed by atoms with Gasteiger partial charge in [0.1, 0.15) is 6.10 Å². The molecule has 3 atom stereocenters. The lowest BCUT2D eigenvalue weighted by molar-refractivity contribution is -0.153. The Morgan fingerprint density at radius 1 is 1.32 bits per heavy atom. The number of ether oxygens (including phenoxy) is 2. The Labute approximate surface area is 114 Å². The van der Waals surface area contributed by atoms with Crippen molar-refractivity contribution in [1.82, 2.24) is 4.90 Å². The number of carbonyl (C=O) groups excluding carboxylic acids is 2. The van der Waals surface area contributed by atoms with Gasteiger partial charge in [-0.25, -0.2) is 0 Å². The zero-order valence-electron chi connectivity index (χ0n) is 11.8. The molecule has 5 heteroatoms. The van der Waals surface area contributed by atoms with Crippen LogP contribution in [0.15, 0.2) is 0 Å². The number of piperidine rings is 1. The molecule has 0 aromatic rings. The van der Waals surface area contributed by atoms with E-state index < -0.39 is 0 Å². The van der Waals surface area contributed by atoms with Crippen LogP contribution in [0.3, 0.4) is 0 Å². The lowest BCUT2D eigenvalue weighted by Gasteiger charge is -2.33. The molecule has 108 valence electrons. The van der Waals surface area contributed by atoms with Gasteiger partial charge in [0.25, 0.3) is 5.91 Å². The Hall–Kier alpha value is -1.10. The minimum absolute atomic E-state index is 0.0401. The van der Waals surface area contributed by atoms with Crippen LogP contribution in [-0.4, -0.2) is 48.7 Å². The molecule has 2 aliphatic heterocycles. The highest BCUT2D eigenvalue weighted by Gasteiger charge is 2.35. The predicted octanol–water partition coefficient (Wildman–Crippen LogP) is 1.36. The summed E-state index contributed by atoms with van der Waals surface area (Å²) in [5.74, 6) is -0.310. The van der Waals surface area contributed by atoms with E-state index in [1.807, 2.05) is 6.92 Å². The Morgan fingerprint density at radius 2 is 2.11 bits per heavy atom. The Kier molecular flexibility index (Phi) is 4.80. The Balaban J connectivity index is 1.89. The van der Waals surface area contributed by atoms with E-state index in [1.165, 1.54) is 0 Å². The van der Waals surface area contributed by atoms with Crippen molar-refractivity contribution < 1.29 is 19.1 Å². The van der Waals surface area contributed by atoms with Crippen LogP contribution in [0.4, 0.5) is 0 Å². The molecule has 0 radical (unpaired) electrons. The van der Waals surface area contributed by atoms with Crippen LogP contribution in [0, 0.1) is 5.92 Å². The molecule has 2 aliphatic rings. The standard InChI is InChI=1S/C14H23NO4/c1-3-18-14(17)11-5-4-8-15(9-11)13(16)12-7-6-10(2)19-12/h10-12H,3-9H2,1-2H3/t10?,11-,12?/m1/s1. The first-order chi connectivity index (χ1) is 9.11. The van der Waals surface area contributed by atoms with Gasteiger partial charge >= 0.3 is 5.97 Å². The minimum Gasteiger partial charge on any atom is -0.466 e. The summed E-state index contributed by atoms with van der Waals surface area (Å²) in [5.41, 5.74) is 0. The van der Waals surface area contributed by atoms with Crippen LogP contribution in [-0.2, 0) is 19.1 Å². The maximum Gasteiger partial charge on any atom is 0.310 e. The highest BCUT2D eigenvalue weighted by molar-refractivity contribution is 5.82. The molecule has 0 N–H and O–H groups in total. The first kappa shape index (κ1) is 14.3. The lowest BCUT2D eigenvalue weighted by atomic mass is 9.97. The molecule has 0 aromatic carbocycles. The molecular weight excluding hydrogens is 246 g/mol. The predicted molar refractivity (Wildman–Crippen MR) is 69.5 cm³/mol. The molecule has 0 aliphatic carbocycles. The van der Waals surface area contributed by atoms with Crippen molar-refractivity contribution in [2.75, 3.05) is 19.7 Å². The number of esters is 1. The number of carbonyl (C=O) groups is 2. The van der Waals surface area contributed by atoms with Gasteiger partial charge in [-0.05, 0) is 39.5 Å². The molecular formula is C14H23NO4. The van der Waals surface area contributed by atoms with Crippen molar-refractivity contribution in [2.45, 2.75) is 51.7 Å². The van der Waals surface area contributed by atoms with Crippen molar-refractivity contribution in [2.24, 2.45) is 5.92 Å². The van der Waals surface area contributed by atoms with Crippen LogP contribution in [0.1, 0.15) is 39.5 Å². The molecule has 2 unspecified atom stereocenters. The molecule has 0 spiro atoms. The molecule has 5 nitrogen and oxygen atoms in total. The first-order valence-electron chi connectivity index (χ1n) is 7.22. The summed E-state index contributed by atoms with van der Waals surface area (Å²) in [5, 5.41) is 0. The second-order valence-electron chi connectivity index (χ2n) is 5.39. The van der Waals surface area contributed by atoms with E-state index in [4.69, 9.17) is 9.47 Å². The second-order valence-corrected chi connectivity index (χ2v) is 5.39. The number of nitrogens with zero attached hydrogens (tertiary/aromatic N) is 1. The van der Waals surface area contributed by atoms with Gasteiger partial charge in [-0.3, -0.25) is 9.59 Å². The van der Waals surface area contributed by atoms with Crippen LogP contribution in [0.2, 0.25) is 0 Å². The van der Waals surface area contributed by atoms with E-state index in [9.17, 15) is 9.59 Å². The maximum atomic E-state index is 12.3. The van der Waals surface area contributed by atoms with Gasteiger partial charge in [-0.1, -0.05) is 0 Å². The molecule has 2 fully saturated rings. The molecule has 0 saturated carbocycles. The summed E-state index contributed by atoms with van der Waals surface area (Å²) in [6.07, 6.45) is 3.25. The van der Waals surface area contributed by atoms with Crippen LogP contribution >= 0.6 is 0 Å². The lowest BCUT2D eigenvalue weighted by Crippen LogP contribution is -2.46. The first-order valence-corrected chi connectivity index (χ1v) is 7.22. The van der Waals surface area contributed by atoms with E-state index >= 15 is 0 Å². The summed E-state index contributed by atoms with van der Waals surface area (Å²) >= 11 is 0. The van der Waals surface area contributed by atoms with Gasteiger partial charge in [0.15, 0.2) is 0 Å². The molecule has 19 heavy (non-hydrogen) atoms. The molecule has 0 aromatic heterocycles. The van der Waals surface area contributed by atoms with Gasteiger partial charge in [0.2, 0.25) is 0 Å². The van der Waals surface area contributed by atoms with Crippen molar-refractivity contribution in [3.63, 3.8) is 0 Å². The average molecular weight is 269 g/mol. The fourth-order valence-electron chi connectivity index (χ4n) is 2.82. The highest BCUT2D eigenvalue weighted by atomic mass is 16.5. The summed E-state index contributed by atoms with van der Waals surface area (Å²) in [4.78, 5) is 25.8. The van der Waals surface area contributed by atoms with Crippen molar-refractivity contribution in [3.05, 3.63) is 0 Å². The topological polar surface area (TPSA) is 55.8 Å². The summed E-state index contributed by atoms with van der Waals surface area (Å²) in [6.45, 7) is 5.39. The zero-order valence-corrected chi connectivity index (χ0v) is 11.8. The Bertz CT molecular complexity index is 344. The van der Waals surface area contributed by atoms with Gasteiger partial charge in [-0.15, -0.1) is 0 Å². The van der Waals surface area contributed by atoms with Crippen LogP contribution in [0.25, 0.3) is 0 Å². The molecule has 2 rings (SSSR count). The SMILES string of the molecule is CCOC(=O)[C@@H]1CCCN(C(=O)C2CCC(C)O2)C1. The van der Waals surface area contributed by atoms with Crippen LogP contribution in [0.5, 0.6) is 0 Å². The summed E-state index contributed by atoms with van der Waals surface area (Å²) in [7, 11) is 0. The summed E-state index contributed by atoms with van der Waals surface area (Å²) in [6, 6.07) is 0. The summed E-state index contributed by atoms with van der Waals surface area (Å²) < 4.78 is 10.7. The smallest absolute Gasteiger partial charge is 0.310 e. The Morgan fingerprint density at radius 3 is 2.74 bits per heavy atom. The molecule has 2 saturated heterocycles. The number of amides is 1. The number of hydrogen-bond acceptors (Lipinski definition) is 4. The van der Waals surface area contributed by atoms with Gasteiger partial charge in [-0.2, -0.15) is 0 Å². The highest BCUT2D eigenvalue weighted by Crippen LogP contribution is 2.24. The fraction of sp³-hybridized carbons (Fsp3) is 0.857. The molecule has 0 bridgehead atoms. The van der Waals surface area contributed by atoms with E-state index in [-0.39, 0.29) is 30.0 Å². The van der Waals surface area contributed by atoms with E-state index in [0.717, 1.165) is 32.2 Å². The van der Waals surface area contributed by atoms with Crippen molar-refractivity contribution in [3.8, 4) is 0 Å². The molecule has 1 amide bonds. The van der Waals surface area contributed by atoms with Crippen molar-refractivity contribution >= 4 is 11.9 Å². The average Bonchev–Trinajstić information content (AvgIpc) is 2.85. The van der Waals surface area contributed by atoms with Gasteiger partial charge < -0.3 is 14.4 Å². The largest absolute Gasteiger partial charge is 0.466 e. The van der Waals surface area contributed by atoms with Gasteiger partial charge in [0.05, 0.1) is 18.6 Å². The van der Waals surface area contributed by atoms with E-state index in [2.05, 4.69) is 0 Å². The third-order valence-corrected chi connectivity index (χ3v) is 3.86. The maximum absolute atomic E-state index is 12.3. The second kappa shape index (κ2) is 6.37. The third-order valence-electron chi connectivity index (χ3n) is 3.86. The van der Waals surface area contributed by atoms with Gasteiger partial charge in [0, 0.05) is 13.1 Å². The number of rotatable bonds is 3. The van der Waals surface area contributed by atoms with E-state index in [0.29, 0.717) is 13.2 Å². The minimum atomic E-state index is -0.309. The van der Waals surface area contributed by atoms with Crippen LogP contribution < -0.4 is 0 Å².